The summed E-state index contributed by atoms with van der Waals surface area (Å²) in [6, 6.07) is 0. The van der Waals surface area contributed by atoms with Crippen LogP contribution in [-0.2, 0) is 4.57 Å². The highest BCUT2D eigenvalue weighted by Gasteiger charge is 2.42. The molecule has 0 aliphatic rings. The lowest BCUT2D eigenvalue weighted by molar-refractivity contribution is 0.0234. The van der Waals surface area contributed by atoms with E-state index in [9.17, 15) is 19.5 Å². The number of aliphatic hydroxyl groups is 2. The molecule has 0 aromatic heterocycles. The molecule has 0 radical (unpaired) electrons. The van der Waals surface area contributed by atoms with Gasteiger partial charge in [0.1, 0.15) is 5.78 Å². The summed E-state index contributed by atoms with van der Waals surface area (Å²) in [6.07, 6.45) is 4.26. The van der Waals surface area contributed by atoms with Crippen LogP contribution in [0.15, 0.2) is 0 Å². The van der Waals surface area contributed by atoms with Crippen LogP contribution in [0.4, 0.5) is 0 Å². The van der Waals surface area contributed by atoms with Crippen molar-refractivity contribution >= 4 is 7.60 Å². The molecule has 0 amide bonds. The lowest BCUT2D eigenvalue weighted by atomic mass is 9.83. The second-order valence-electron chi connectivity index (χ2n) is 5.69. The van der Waals surface area contributed by atoms with Gasteiger partial charge >= 0.3 is 7.60 Å². The predicted octanol–water partition coefficient (Wildman–Crippen LogP) is 1.92. The predicted molar refractivity (Wildman–Crippen MR) is 84.2 cm³/mol. The van der Waals surface area contributed by atoms with Gasteiger partial charge in [-0.15, -0.1) is 0 Å². The Balaban J connectivity index is 5.56. The molecular weight excluding hydrogens is 293 g/mol. The molecule has 1 unspecified atom stereocenters. The van der Waals surface area contributed by atoms with E-state index in [2.05, 4.69) is 0 Å². The van der Waals surface area contributed by atoms with E-state index >= 15 is 0 Å². The number of rotatable bonds is 12. The normalized spacial score (nSPS) is 14.7. The fourth-order valence-corrected chi connectivity index (χ4v) is 3.91. The maximum absolute atomic E-state index is 11.7. The molecule has 0 saturated carbocycles. The van der Waals surface area contributed by atoms with Gasteiger partial charge in [-0.2, -0.15) is 0 Å². The Kier molecular flexibility index (Phi) is 9.94. The minimum atomic E-state index is -4.26. The maximum Gasteiger partial charge on any atom is 0.342 e. The largest absolute Gasteiger partial charge is 0.396 e. The van der Waals surface area contributed by atoms with Gasteiger partial charge < -0.3 is 20.0 Å². The molecule has 0 aromatic carbocycles. The first-order valence-electron chi connectivity index (χ1n) is 7.82. The third kappa shape index (κ3) is 6.35. The average Bonchev–Trinajstić information content (AvgIpc) is 2.38. The van der Waals surface area contributed by atoms with Gasteiger partial charge in [0.2, 0.25) is 0 Å². The summed E-state index contributed by atoms with van der Waals surface area (Å²) in [6.45, 7) is 6.00. The van der Waals surface area contributed by atoms with Crippen LogP contribution >= 0.6 is 7.60 Å². The minimum Gasteiger partial charge on any atom is -0.396 e. The molecular formula is C14H32NO5P. The van der Waals surface area contributed by atoms with Crippen molar-refractivity contribution in [2.45, 2.75) is 70.6 Å². The van der Waals surface area contributed by atoms with Crippen LogP contribution in [0.3, 0.4) is 0 Å². The van der Waals surface area contributed by atoms with Crippen LogP contribution in [0.5, 0.6) is 0 Å². The molecule has 128 valence electrons. The van der Waals surface area contributed by atoms with E-state index in [1.54, 1.807) is 0 Å². The van der Waals surface area contributed by atoms with Crippen LogP contribution in [0.25, 0.3) is 0 Å². The summed E-state index contributed by atoms with van der Waals surface area (Å²) >= 11 is 0. The van der Waals surface area contributed by atoms with Crippen molar-refractivity contribution in [3.63, 3.8) is 0 Å². The Morgan fingerprint density at radius 1 is 1.05 bits per heavy atom. The highest BCUT2D eigenvalue weighted by Crippen LogP contribution is 2.47. The molecule has 4 N–H and O–H groups in total. The van der Waals surface area contributed by atoms with Crippen molar-refractivity contribution in [1.29, 1.82) is 0 Å². The molecule has 0 aromatic rings. The van der Waals surface area contributed by atoms with Gasteiger partial charge in [0.25, 0.3) is 0 Å². The Labute approximate surface area is 128 Å². The van der Waals surface area contributed by atoms with Crippen LogP contribution in [0.1, 0.15) is 59.3 Å². The van der Waals surface area contributed by atoms with Crippen LogP contribution in [0, 0.1) is 0 Å². The van der Waals surface area contributed by atoms with E-state index in [1.165, 1.54) is 6.92 Å². The fraction of sp³-hybridized carbons (Fsp3) is 1.00. The quantitative estimate of drug-likeness (QED) is 0.409. The van der Waals surface area contributed by atoms with E-state index in [-0.39, 0.29) is 13.2 Å². The average molecular weight is 325 g/mol. The summed E-state index contributed by atoms with van der Waals surface area (Å²) in [7, 11) is -4.26. The molecule has 0 fully saturated rings. The molecule has 1 atom stereocenters. The highest BCUT2D eigenvalue weighted by atomic mass is 31.2. The third-order valence-electron chi connectivity index (χ3n) is 4.11. The van der Waals surface area contributed by atoms with Crippen LogP contribution < -0.4 is 0 Å². The molecule has 21 heavy (non-hydrogen) atoms. The number of nitrogens with zero attached hydrogens (tertiary/aromatic N) is 1. The first-order valence-corrected chi connectivity index (χ1v) is 9.51. The van der Waals surface area contributed by atoms with Crippen molar-refractivity contribution in [2.75, 3.05) is 19.8 Å². The van der Waals surface area contributed by atoms with E-state index in [0.29, 0.717) is 19.4 Å². The van der Waals surface area contributed by atoms with Crippen molar-refractivity contribution < 1.29 is 24.6 Å². The van der Waals surface area contributed by atoms with E-state index < -0.39 is 18.9 Å². The Morgan fingerprint density at radius 3 is 1.90 bits per heavy atom. The SMILES string of the molecule is CCCC(CCC)(CCO)N(CCCO)C(C)P(=O)(O)O. The van der Waals surface area contributed by atoms with Gasteiger partial charge in [0, 0.05) is 25.3 Å². The molecule has 0 bridgehead atoms. The molecule has 0 saturated heterocycles. The zero-order chi connectivity index (χ0) is 16.5. The highest BCUT2D eigenvalue weighted by molar-refractivity contribution is 7.52. The molecule has 0 heterocycles. The van der Waals surface area contributed by atoms with E-state index in [0.717, 1.165) is 25.7 Å². The smallest absolute Gasteiger partial charge is 0.342 e. The molecule has 7 heteroatoms. The van der Waals surface area contributed by atoms with Crippen LogP contribution in [-0.4, -0.2) is 56.0 Å². The van der Waals surface area contributed by atoms with Gasteiger partial charge in [-0.1, -0.05) is 26.7 Å². The van der Waals surface area contributed by atoms with Crippen molar-refractivity contribution in [3.8, 4) is 0 Å². The Hall–Kier alpha value is 0.0300. The molecule has 6 nitrogen and oxygen atoms in total. The topological polar surface area (TPSA) is 101 Å². The molecule has 0 spiro atoms. The summed E-state index contributed by atoms with van der Waals surface area (Å²) < 4.78 is 11.7. The van der Waals surface area contributed by atoms with Gasteiger partial charge in [0.05, 0.1) is 0 Å². The standard InChI is InChI=1S/C14H32NO5P/c1-4-7-14(8-5-2,9-12-17)15(10-6-11-16)13(3)21(18,19)20/h13,16-17H,4-12H2,1-3H3,(H2,18,19,20). The summed E-state index contributed by atoms with van der Waals surface area (Å²) in [5, 5.41) is 18.5. The Morgan fingerprint density at radius 2 is 1.57 bits per heavy atom. The monoisotopic (exact) mass is 325 g/mol. The molecule has 0 rings (SSSR count). The second-order valence-corrected chi connectivity index (χ2v) is 7.61. The lowest BCUT2D eigenvalue weighted by Crippen LogP contribution is -2.53. The number of aliphatic hydroxyl groups excluding tert-OH is 2. The van der Waals surface area contributed by atoms with Gasteiger partial charge in [-0.25, -0.2) is 0 Å². The van der Waals surface area contributed by atoms with Crippen molar-refractivity contribution in [3.05, 3.63) is 0 Å². The van der Waals surface area contributed by atoms with Crippen LogP contribution in [0.2, 0.25) is 0 Å². The summed E-state index contributed by atoms with van der Waals surface area (Å²) in [4.78, 5) is 21.0. The summed E-state index contributed by atoms with van der Waals surface area (Å²) in [5.41, 5.74) is -0.423. The number of hydrogen-bond donors (Lipinski definition) is 4. The zero-order valence-corrected chi connectivity index (χ0v) is 14.4. The minimum absolute atomic E-state index is 0.0104. The molecule has 0 aliphatic carbocycles. The fourth-order valence-electron chi connectivity index (χ4n) is 3.19. The molecule has 0 aliphatic heterocycles. The summed E-state index contributed by atoms with van der Waals surface area (Å²) in [5.74, 6) is -0.909. The third-order valence-corrected chi connectivity index (χ3v) is 5.36. The van der Waals surface area contributed by atoms with Gasteiger partial charge in [-0.3, -0.25) is 9.46 Å². The van der Waals surface area contributed by atoms with E-state index in [1.807, 2.05) is 18.7 Å². The van der Waals surface area contributed by atoms with Gasteiger partial charge in [-0.05, 0) is 32.6 Å². The maximum atomic E-state index is 11.7. The first-order chi connectivity index (χ1) is 9.79. The Bertz CT molecular complexity index is 303. The zero-order valence-electron chi connectivity index (χ0n) is 13.5. The van der Waals surface area contributed by atoms with E-state index in [4.69, 9.17) is 5.11 Å². The second kappa shape index (κ2) is 9.93. The first kappa shape index (κ1) is 21.0. The van der Waals surface area contributed by atoms with Crippen molar-refractivity contribution in [1.82, 2.24) is 4.90 Å². The lowest BCUT2D eigenvalue weighted by Gasteiger charge is -2.47. The van der Waals surface area contributed by atoms with Gasteiger partial charge in [0.15, 0.2) is 0 Å². The number of hydrogen-bond acceptors (Lipinski definition) is 4. The van der Waals surface area contributed by atoms with Crippen molar-refractivity contribution in [2.24, 2.45) is 0 Å².